The summed E-state index contributed by atoms with van der Waals surface area (Å²) in [5, 5.41) is 0. The lowest BCUT2D eigenvalue weighted by atomic mass is 9.63. The van der Waals surface area contributed by atoms with E-state index < -0.39 is 0 Å². The van der Waals surface area contributed by atoms with Gasteiger partial charge in [0.15, 0.2) is 0 Å². The lowest BCUT2D eigenvalue weighted by molar-refractivity contribution is 0.195. The van der Waals surface area contributed by atoms with Crippen molar-refractivity contribution in [2.75, 3.05) is 44.2 Å². The number of hydrogen-bond acceptors (Lipinski definition) is 4. The van der Waals surface area contributed by atoms with Crippen LogP contribution >= 0.6 is 0 Å². The van der Waals surface area contributed by atoms with Crippen LogP contribution in [-0.4, -0.2) is 49.2 Å². The molecule has 4 rings (SSSR count). The number of ether oxygens (including phenoxy) is 1. The summed E-state index contributed by atoms with van der Waals surface area (Å²) in [6, 6.07) is 13.6. The fourth-order valence-electron chi connectivity index (χ4n) is 5.39. The average molecular weight is 462 g/mol. The molecular formula is C30H43N3O. The molecule has 0 spiro atoms. The maximum Gasteiger partial charge on any atom is 0.129 e. The Morgan fingerprint density at radius 2 is 1.65 bits per heavy atom. The van der Waals surface area contributed by atoms with Gasteiger partial charge < -0.3 is 9.64 Å². The van der Waals surface area contributed by atoms with E-state index in [0.29, 0.717) is 0 Å². The van der Waals surface area contributed by atoms with Gasteiger partial charge in [-0.15, -0.1) is 0 Å². The van der Waals surface area contributed by atoms with Gasteiger partial charge in [-0.1, -0.05) is 52.5 Å². The highest BCUT2D eigenvalue weighted by molar-refractivity contribution is 5.65. The minimum absolute atomic E-state index is 0.214. The first kappa shape index (κ1) is 24.8. The number of hydrogen-bond donors (Lipinski definition) is 0. The minimum atomic E-state index is 0.214. The molecule has 4 nitrogen and oxygen atoms in total. The van der Waals surface area contributed by atoms with Crippen LogP contribution in [0.15, 0.2) is 48.7 Å². The van der Waals surface area contributed by atoms with Gasteiger partial charge in [-0.2, -0.15) is 0 Å². The molecule has 0 atom stereocenters. The molecule has 2 heterocycles. The summed E-state index contributed by atoms with van der Waals surface area (Å²) in [4.78, 5) is 10.1. The molecule has 1 aromatic heterocycles. The molecule has 0 radical (unpaired) electrons. The van der Waals surface area contributed by atoms with Crippen molar-refractivity contribution in [1.29, 1.82) is 0 Å². The highest BCUT2D eigenvalue weighted by Crippen LogP contribution is 2.46. The van der Waals surface area contributed by atoms with E-state index >= 15 is 0 Å². The Balaban J connectivity index is 1.40. The summed E-state index contributed by atoms with van der Waals surface area (Å²) in [5.74, 6) is 1.91. The second kappa shape index (κ2) is 10.1. The van der Waals surface area contributed by atoms with E-state index in [0.717, 1.165) is 63.0 Å². The molecule has 34 heavy (non-hydrogen) atoms. The van der Waals surface area contributed by atoms with Crippen LogP contribution in [0.3, 0.4) is 0 Å². The number of pyridine rings is 1. The van der Waals surface area contributed by atoms with Gasteiger partial charge in [0.2, 0.25) is 0 Å². The van der Waals surface area contributed by atoms with Crippen molar-refractivity contribution < 1.29 is 4.74 Å². The Kier molecular flexibility index (Phi) is 7.37. The van der Waals surface area contributed by atoms with Gasteiger partial charge >= 0.3 is 0 Å². The third-order valence-corrected chi connectivity index (χ3v) is 7.80. The molecule has 1 aliphatic carbocycles. The number of rotatable bonds is 8. The monoisotopic (exact) mass is 461 g/mol. The Bertz CT molecular complexity index is 1000. The predicted octanol–water partition coefficient (Wildman–Crippen LogP) is 6.55. The summed E-state index contributed by atoms with van der Waals surface area (Å²) in [6.07, 6.45) is 4.74. The van der Waals surface area contributed by atoms with E-state index in [2.05, 4.69) is 80.5 Å². The van der Waals surface area contributed by atoms with Crippen LogP contribution in [0.5, 0.6) is 0 Å². The number of piperazine rings is 1. The molecule has 1 aliphatic heterocycles. The van der Waals surface area contributed by atoms with E-state index in [1.54, 1.807) is 0 Å². The maximum absolute atomic E-state index is 5.48. The van der Waals surface area contributed by atoms with Gasteiger partial charge in [0.25, 0.3) is 0 Å². The van der Waals surface area contributed by atoms with Crippen LogP contribution in [0.2, 0.25) is 0 Å². The van der Waals surface area contributed by atoms with Gasteiger partial charge in [0, 0.05) is 31.7 Å². The third-order valence-electron chi connectivity index (χ3n) is 7.80. The van der Waals surface area contributed by atoms with E-state index in [1.807, 2.05) is 6.92 Å². The molecule has 1 aromatic carbocycles. The molecule has 184 valence electrons. The topological polar surface area (TPSA) is 28.6 Å². The number of nitrogens with zero attached hydrogens (tertiary/aromatic N) is 3. The minimum Gasteiger partial charge on any atom is -0.499 e. The van der Waals surface area contributed by atoms with E-state index in [4.69, 9.17) is 9.72 Å². The largest absolute Gasteiger partial charge is 0.499 e. The van der Waals surface area contributed by atoms with Crippen molar-refractivity contribution in [1.82, 2.24) is 9.88 Å². The fourth-order valence-corrected chi connectivity index (χ4v) is 5.39. The zero-order valence-electron chi connectivity index (χ0n) is 22.0. The lowest BCUT2D eigenvalue weighted by Crippen LogP contribution is -2.47. The van der Waals surface area contributed by atoms with Crippen molar-refractivity contribution >= 4 is 5.82 Å². The van der Waals surface area contributed by atoms with Crippen molar-refractivity contribution in [3.63, 3.8) is 0 Å². The van der Waals surface area contributed by atoms with Crippen LogP contribution in [-0.2, 0) is 15.6 Å². The third kappa shape index (κ3) is 5.66. The van der Waals surface area contributed by atoms with Gasteiger partial charge in [-0.05, 0) is 79.3 Å². The zero-order valence-corrected chi connectivity index (χ0v) is 22.0. The number of unbranched alkanes of at least 4 members (excludes halogenated alkanes) is 1. The van der Waals surface area contributed by atoms with Crippen LogP contribution in [0.1, 0.15) is 71.4 Å². The van der Waals surface area contributed by atoms with Gasteiger partial charge in [-0.3, -0.25) is 4.90 Å². The number of anilines is 1. The first-order valence-electron chi connectivity index (χ1n) is 13.0. The van der Waals surface area contributed by atoms with Crippen molar-refractivity contribution in [3.05, 3.63) is 59.9 Å². The summed E-state index contributed by atoms with van der Waals surface area (Å²) in [5.41, 5.74) is 5.78. The smallest absolute Gasteiger partial charge is 0.129 e. The summed E-state index contributed by atoms with van der Waals surface area (Å²) in [6.45, 7) is 21.4. The molecule has 0 bridgehead atoms. The quantitative estimate of drug-likeness (QED) is 0.329. The summed E-state index contributed by atoms with van der Waals surface area (Å²) < 4.78 is 5.48. The van der Waals surface area contributed by atoms with Gasteiger partial charge in [-0.25, -0.2) is 4.98 Å². The molecule has 1 fully saturated rings. The number of allylic oxidation sites excluding steroid dienone is 1. The van der Waals surface area contributed by atoms with Crippen LogP contribution < -0.4 is 4.90 Å². The molecule has 2 aliphatic rings. The summed E-state index contributed by atoms with van der Waals surface area (Å²) in [7, 11) is 0. The standard InChI is InChI=1S/C30H43N3O/c1-23(2)34-21-8-7-16-32-17-19-33(20-18-32)28-11-9-10-27(31-28)24-12-13-25-26(22-24)30(5,6)15-14-29(25,3)4/h9-13,22H,1,7-8,14-21H2,2-6H3. The first-order chi connectivity index (χ1) is 16.2. The first-order valence-corrected chi connectivity index (χ1v) is 13.0. The van der Waals surface area contributed by atoms with E-state index in [1.165, 1.54) is 36.0 Å². The molecule has 0 unspecified atom stereocenters. The van der Waals surface area contributed by atoms with Crippen molar-refractivity contribution in [2.45, 2.75) is 71.1 Å². The molecule has 4 heteroatoms. The second-order valence-corrected chi connectivity index (χ2v) is 11.5. The number of benzene rings is 1. The number of fused-ring (bicyclic) bond motifs is 1. The Morgan fingerprint density at radius 3 is 2.35 bits per heavy atom. The highest BCUT2D eigenvalue weighted by Gasteiger charge is 2.37. The van der Waals surface area contributed by atoms with E-state index in [-0.39, 0.29) is 10.8 Å². The Labute approximate surface area is 207 Å². The average Bonchev–Trinajstić information content (AvgIpc) is 2.82. The molecule has 2 aromatic rings. The zero-order chi connectivity index (χ0) is 24.3. The Morgan fingerprint density at radius 1 is 0.941 bits per heavy atom. The fraction of sp³-hybridized carbons (Fsp3) is 0.567. The van der Waals surface area contributed by atoms with Crippen molar-refractivity contribution in [3.8, 4) is 11.3 Å². The number of aromatic nitrogens is 1. The van der Waals surface area contributed by atoms with Crippen molar-refractivity contribution in [2.24, 2.45) is 0 Å². The van der Waals surface area contributed by atoms with Crippen LogP contribution in [0.4, 0.5) is 5.82 Å². The molecule has 1 saturated heterocycles. The SMILES string of the molecule is C=C(C)OCCCCN1CCN(c2cccc(-c3ccc4c(c3)C(C)(C)CCC4(C)C)n2)CC1. The highest BCUT2D eigenvalue weighted by atomic mass is 16.5. The van der Waals surface area contributed by atoms with Gasteiger partial charge in [0.1, 0.15) is 5.82 Å². The molecular weight excluding hydrogens is 418 g/mol. The second-order valence-electron chi connectivity index (χ2n) is 11.5. The van der Waals surface area contributed by atoms with Crippen LogP contribution in [0, 0.1) is 0 Å². The summed E-state index contributed by atoms with van der Waals surface area (Å²) >= 11 is 0. The molecule has 0 saturated carbocycles. The van der Waals surface area contributed by atoms with Gasteiger partial charge in [0.05, 0.1) is 18.1 Å². The maximum atomic E-state index is 5.48. The van der Waals surface area contributed by atoms with Crippen LogP contribution in [0.25, 0.3) is 11.3 Å². The molecule has 0 N–H and O–H groups in total. The molecule has 0 amide bonds. The lowest BCUT2D eigenvalue weighted by Gasteiger charge is -2.42. The van der Waals surface area contributed by atoms with E-state index in [9.17, 15) is 0 Å². The normalized spacial score (nSPS) is 19.5. The predicted molar refractivity (Wildman–Crippen MR) is 144 cm³/mol. The Hall–Kier alpha value is -2.33.